The lowest BCUT2D eigenvalue weighted by molar-refractivity contribution is -0.135. The van der Waals surface area contributed by atoms with E-state index in [1.54, 1.807) is 24.5 Å². The molecule has 2 aliphatic heterocycles. The van der Waals surface area contributed by atoms with Crippen LogP contribution in [0.2, 0.25) is 0 Å². The largest absolute Gasteiger partial charge is 0.371 e. The van der Waals surface area contributed by atoms with E-state index in [1.807, 2.05) is 41.3 Å². The summed E-state index contributed by atoms with van der Waals surface area (Å²) in [7, 11) is -3.67. The van der Waals surface area contributed by atoms with Crippen molar-refractivity contribution in [2.75, 3.05) is 31.1 Å². The van der Waals surface area contributed by atoms with Gasteiger partial charge in [0.25, 0.3) is 0 Å². The molecule has 0 bridgehead atoms. The number of carbonyl (C=O) groups is 1. The number of rotatable bonds is 5. The summed E-state index contributed by atoms with van der Waals surface area (Å²) in [6.45, 7) is 2.68. The SMILES string of the molecule is O=C(C1CCN(c2ccncc2)CC1)N1CCC(NS(=O)(=O)c2ccc3cc(Br)ccc3c2)C1. The molecule has 1 aromatic heterocycles. The molecule has 1 unspecified atom stereocenters. The number of halogens is 1. The molecule has 2 saturated heterocycles. The number of likely N-dealkylation sites (tertiary alicyclic amines) is 1. The van der Waals surface area contributed by atoms with E-state index in [1.165, 1.54) is 0 Å². The van der Waals surface area contributed by atoms with Crippen molar-refractivity contribution in [3.8, 4) is 0 Å². The van der Waals surface area contributed by atoms with E-state index in [9.17, 15) is 13.2 Å². The van der Waals surface area contributed by atoms with E-state index in [0.717, 1.165) is 46.9 Å². The molecule has 0 aliphatic carbocycles. The fourth-order valence-electron chi connectivity index (χ4n) is 4.90. The smallest absolute Gasteiger partial charge is 0.240 e. The van der Waals surface area contributed by atoms with Gasteiger partial charge in [0.05, 0.1) is 4.90 Å². The maximum Gasteiger partial charge on any atom is 0.240 e. The van der Waals surface area contributed by atoms with Gasteiger partial charge in [-0.3, -0.25) is 9.78 Å². The van der Waals surface area contributed by atoms with Crippen LogP contribution in [-0.4, -0.2) is 56.4 Å². The predicted octanol–water partition coefficient (Wildman–Crippen LogP) is 3.79. The Morgan fingerprint density at radius 3 is 2.41 bits per heavy atom. The zero-order valence-corrected chi connectivity index (χ0v) is 21.1. The Morgan fingerprint density at radius 1 is 0.941 bits per heavy atom. The summed E-state index contributed by atoms with van der Waals surface area (Å²) in [6.07, 6.45) is 5.81. The van der Waals surface area contributed by atoms with Crippen molar-refractivity contribution < 1.29 is 13.2 Å². The van der Waals surface area contributed by atoms with Crippen molar-refractivity contribution in [3.63, 3.8) is 0 Å². The monoisotopic (exact) mass is 542 g/mol. The van der Waals surface area contributed by atoms with Crippen LogP contribution in [0.3, 0.4) is 0 Å². The summed E-state index contributed by atoms with van der Waals surface area (Å²) < 4.78 is 29.8. The van der Waals surface area contributed by atoms with Crippen LogP contribution in [-0.2, 0) is 14.8 Å². The third-order valence-electron chi connectivity index (χ3n) is 6.78. The molecule has 0 saturated carbocycles. The van der Waals surface area contributed by atoms with Crippen LogP contribution in [0, 0.1) is 5.92 Å². The molecule has 178 valence electrons. The Morgan fingerprint density at radius 2 is 1.65 bits per heavy atom. The zero-order valence-electron chi connectivity index (χ0n) is 18.7. The number of hydrogen-bond donors (Lipinski definition) is 1. The normalized spacial score (nSPS) is 19.6. The first kappa shape index (κ1) is 23.3. The van der Waals surface area contributed by atoms with Crippen LogP contribution in [0.15, 0.2) is 70.3 Å². The molecule has 1 N–H and O–H groups in total. The first-order valence-corrected chi connectivity index (χ1v) is 13.8. The van der Waals surface area contributed by atoms with Crippen molar-refractivity contribution in [3.05, 3.63) is 65.4 Å². The predicted molar refractivity (Wildman–Crippen MR) is 136 cm³/mol. The zero-order chi connectivity index (χ0) is 23.7. The van der Waals surface area contributed by atoms with E-state index in [-0.39, 0.29) is 22.8 Å². The second-order valence-electron chi connectivity index (χ2n) is 9.01. The Hall–Kier alpha value is -2.49. The molecule has 2 fully saturated rings. The second-order valence-corrected chi connectivity index (χ2v) is 11.6. The van der Waals surface area contributed by atoms with Crippen LogP contribution in [0.25, 0.3) is 10.8 Å². The minimum atomic E-state index is -3.67. The molecule has 1 amide bonds. The third kappa shape index (κ3) is 4.96. The number of benzene rings is 2. The maximum absolute atomic E-state index is 13.1. The standard InChI is InChI=1S/C25H27BrN4O3S/c26-21-3-1-20-16-24(4-2-19(20)15-21)34(32,33)28-22-9-14-30(17-22)25(31)18-7-12-29(13-8-18)23-5-10-27-11-6-23/h1-6,10-11,15-16,18,22,28H,7-9,12-14,17H2. The molecule has 2 aromatic carbocycles. The second kappa shape index (κ2) is 9.64. The Balaban J connectivity index is 1.18. The Kier molecular flexibility index (Phi) is 6.59. The average molecular weight is 543 g/mol. The lowest BCUT2D eigenvalue weighted by Gasteiger charge is -2.34. The number of anilines is 1. The number of hydrogen-bond acceptors (Lipinski definition) is 5. The van der Waals surface area contributed by atoms with Gasteiger partial charge in [0.2, 0.25) is 15.9 Å². The van der Waals surface area contributed by atoms with Gasteiger partial charge in [0.1, 0.15) is 0 Å². The molecule has 3 aromatic rings. The number of piperidine rings is 1. The average Bonchev–Trinajstić information content (AvgIpc) is 3.31. The lowest BCUT2D eigenvalue weighted by Crippen LogP contribution is -2.43. The van der Waals surface area contributed by atoms with Gasteiger partial charge in [-0.2, -0.15) is 0 Å². The molecule has 34 heavy (non-hydrogen) atoms. The van der Waals surface area contributed by atoms with E-state index < -0.39 is 10.0 Å². The van der Waals surface area contributed by atoms with E-state index in [2.05, 4.69) is 30.5 Å². The summed E-state index contributed by atoms with van der Waals surface area (Å²) in [5.74, 6) is 0.139. The number of nitrogens with one attached hydrogen (secondary N) is 1. The van der Waals surface area contributed by atoms with Gasteiger partial charge in [-0.05, 0) is 66.4 Å². The Labute approximate surface area is 208 Å². The molecule has 0 radical (unpaired) electrons. The fraction of sp³-hybridized carbons (Fsp3) is 0.360. The van der Waals surface area contributed by atoms with Gasteiger partial charge in [-0.25, -0.2) is 13.1 Å². The van der Waals surface area contributed by atoms with Crippen molar-refractivity contribution in [2.45, 2.75) is 30.2 Å². The molecule has 1 atom stereocenters. The first-order chi connectivity index (χ1) is 16.4. The number of aromatic nitrogens is 1. The minimum Gasteiger partial charge on any atom is -0.371 e. The van der Waals surface area contributed by atoms with E-state index in [0.29, 0.717) is 19.5 Å². The van der Waals surface area contributed by atoms with Crippen LogP contribution in [0.4, 0.5) is 5.69 Å². The van der Waals surface area contributed by atoms with Crippen LogP contribution in [0.1, 0.15) is 19.3 Å². The molecular formula is C25H27BrN4O3S. The lowest BCUT2D eigenvalue weighted by atomic mass is 9.95. The third-order valence-corrected chi connectivity index (χ3v) is 8.79. The molecule has 7 nitrogen and oxygen atoms in total. The highest BCUT2D eigenvalue weighted by Crippen LogP contribution is 2.27. The number of sulfonamides is 1. The van der Waals surface area contributed by atoms with Gasteiger partial charge >= 0.3 is 0 Å². The van der Waals surface area contributed by atoms with Gasteiger partial charge in [-0.15, -0.1) is 0 Å². The Bertz CT molecular complexity index is 1290. The molecule has 2 aliphatic rings. The topological polar surface area (TPSA) is 82.6 Å². The minimum absolute atomic E-state index is 0.00624. The number of pyridine rings is 1. The van der Waals surface area contributed by atoms with Gasteiger partial charge in [0, 0.05) is 60.7 Å². The number of carbonyl (C=O) groups excluding carboxylic acids is 1. The molecule has 5 rings (SSSR count). The van der Waals surface area contributed by atoms with Crippen LogP contribution in [0.5, 0.6) is 0 Å². The van der Waals surface area contributed by atoms with Crippen molar-refractivity contribution >= 4 is 48.3 Å². The highest BCUT2D eigenvalue weighted by atomic mass is 79.9. The van der Waals surface area contributed by atoms with Crippen LogP contribution < -0.4 is 9.62 Å². The highest BCUT2D eigenvalue weighted by Gasteiger charge is 2.34. The molecule has 0 spiro atoms. The summed E-state index contributed by atoms with van der Waals surface area (Å²) >= 11 is 3.44. The summed E-state index contributed by atoms with van der Waals surface area (Å²) in [6, 6.07) is 14.6. The van der Waals surface area contributed by atoms with Crippen molar-refractivity contribution in [1.82, 2.24) is 14.6 Å². The number of nitrogens with zero attached hydrogens (tertiary/aromatic N) is 3. The van der Waals surface area contributed by atoms with Crippen LogP contribution >= 0.6 is 15.9 Å². The van der Waals surface area contributed by atoms with E-state index in [4.69, 9.17) is 0 Å². The summed E-state index contributed by atoms with van der Waals surface area (Å²) in [5, 5.41) is 1.84. The quantitative estimate of drug-likeness (QED) is 0.530. The van der Waals surface area contributed by atoms with Crippen molar-refractivity contribution in [2.24, 2.45) is 5.92 Å². The molecule has 3 heterocycles. The maximum atomic E-state index is 13.1. The van der Waals surface area contributed by atoms with Crippen molar-refractivity contribution in [1.29, 1.82) is 0 Å². The fourth-order valence-corrected chi connectivity index (χ4v) is 6.58. The summed E-state index contributed by atoms with van der Waals surface area (Å²) in [4.78, 5) is 21.5. The van der Waals surface area contributed by atoms with Gasteiger partial charge in [0.15, 0.2) is 0 Å². The highest BCUT2D eigenvalue weighted by molar-refractivity contribution is 9.10. The van der Waals surface area contributed by atoms with E-state index >= 15 is 0 Å². The van der Waals surface area contributed by atoms with Gasteiger partial charge < -0.3 is 9.80 Å². The number of amides is 1. The first-order valence-electron chi connectivity index (χ1n) is 11.5. The summed E-state index contributed by atoms with van der Waals surface area (Å²) in [5.41, 5.74) is 1.14. The molecular weight excluding hydrogens is 516 g/mol. The van der Waals surface area contributed by atoms with Gasteiger partial charge in [-0.1, -0.05) is 28.1 Å². The molecule has 9 heteroatoms. The number of fused-ring (bicyclic) bond motifs is 1.